The second-order valence-electron chi connectivity index (χ2n) is 13.1. The molecule has 0 aliphatic heterocycles. The van der Waals surface area contributed by atoms with Crippen LogP contribution in [0.4, 0.5) is 13.6 Å². The minimum atomic E-state index is -1.47. The molecular weight excluding hydrogens is 636 g/mol. The second-order valence-corrected chi connectivity index (χ2v) is 13.1. The van der Waals surface area contributed by atoms with Gasteiger partial charge >= 0.3 is 6.09 Å². The molecule has 0 spiro atoms. The van der Waals surface area contributed by atoms with Crippen LogP contribution >= 0.6 is 0 Å². The van der Waals surface area contributed by atoms with Crippen molar-refractivity contribution < 1.29 is 42.9 Å². The number of benzene rings is 3. The molecule has 49 heavy (non-hydrogen) atoms. The van der Waals surface area contributed by atoms with Crippen LogP contribution in [0.2, 0.25) is 0 Å². The zero-order valence-electron chi connectivity index (χ0n) is 29.1. The van der Waals surface area contributed by atoms with E-state index in [9.17, 15) is 33.4 Å². The van der Waals surface area contributed by atoms with Gasteiger partial charge in [0.2, 0.25) is 0 Å². The van der Waals surface area contributed by atoms with Crippen molar-refractivity contribution in [2.24, 2.45) is 0 Å². The van der Waals surface area contributed by atoms with Crippen molar-refractivity contribution in [3.8, 4) is 5.75 Å². The zero-order valence-corrected chi connectivity index (χ0v) is 29.1. The Morgan fingerprint density at radius 1 is 0.939 bits per heavy atom. The van der Waals surface area contributed by atoms with E-state index in [0.29, 0.717) is 35.9 Å². The van der Waals surface area contributed by atoms with Gasteiger partial charge in [0.15, 0.2) is 0 Å². The minimum absolute atomic E-state index is 0.00557. The first-order valence-electron chi connectivity index (χ1n) is 16.1. The predicted molar refractivity (Wildman–Crippen MR) is 181 cm³/mol. The molecule has 0 saturated carbocycles. The molecule has 0 aliphatic carbocycles. The number of halogens is 2. The molecule has 0 radical (unpaired) electrons. The van der Waals surface area contributed by atoms with Crippen LogP contribution in [0.15, 0.2) is 60.7 Å². The predicted octanol–water partition coefficient (Wildman–Crippen LogP) is 5.65. The van der Waals surface area contributed by atoms with Crippen LogP contribution in [0.25, 0.3) is 0 Å². The molecule has 0 heterocycles. The van der Waals surface area contributed by atoms with Gasteiger partial charge in [0.05, 0.1) is 31.9 Å². The Morgan fingerprint density at radius 3 is 2.18 bits per heavy atom. The third-order valence-corrected chi connectivity index (χ3v) is 7.58. The number of hydrogen-bond acceptors (Lipinski definition) is 7. The number of methoxy groups -OCH3 is 1. The molecule has 0 bridgehead atoms. The van der Waals surface area contributed by atoms with E-state index in [1.165, 1.54) is 42.0 Å². The van der Waals surface area contributed by atoms with Crippen molar-refractivity contribution in [3.05, 3.63) is 100 Å². The van der Waals surface area contributed by atoms with Gasteiger partial charge in [0, 0.05) is 37.3 Å². The van der Waals surface area contributed by atoms with E-state index in [0.717, 1.165) is 12.1 Å². The number of ether oxygens (including phenoxy) is 2. The number of nitrogens with zero attached hydrogens (tertiary/aromatic N) is 2. The molecule has 266 valence electrons. The summed E-state index contributed by atoms with van der Waals surface area (Å²) in [6, 6.07) is 13.0. The molecule has 3 aromatic rings. The maximum Gasteiger partial charge on any atom is 0.410 e. The van der Waals surface area contributed by atoms with Crippen LogP contribution in [0.5, 0.6) is 5.75 Å². The molecule has 3 atom stereocenters. The molecule has 1 unspecified atom stereocenters. The number of amides is 3. The Bertz CT molecular complexity index is 1590. The van der Waals surface area contributed by atoms with Gasteiger partial charge in [0.1, 0.15) is 23.0 Å². The number of aliphatic hydroxyl groups excluding tert-OH is 2. The van der Waals surface area contributed by atoms with E-state index in [4.69, 9.17) is 9.47 Å². The summed E-state index contributed by atoms with van der Waals surface area (Å²) in [4.78, 5) is 43.1. The SMILES string of the molecule is CCCN(C)C(=O)c1cc(C(=O)N[C@@H](Cc2cc(F)cc(F)c2)[C@H](O)CN(Cc2cccc(OC)c2)C(=O)OC(C)(C)C)cc(C(C)O)c1. The van der Waals surface area contributed by atoms with Gasteiger partial charge in [-0.15, -0.1) is 0 Å². The van der Waals surface area contributed by atoms with Gasteiger partial charge in [0.25, 0.3) is 11.8 Å². The highest BCUT2D eigenvalue weighted by Gasteiger charge is 2.30. The van der Waals surface area contributed by atoms with Crippen molar-refractivity contribution in [3.63, 3.8) is 0 Å². The van der Waals surface area contributed by atoms with Crippen LogP contribution in [0.1, 0.15) is 84.5 Å². The van der Waals surface area contributed by atoms with E-state index in [-0.39, 0.29) is 42.1 Å². The Hall–Kier alpha value is -4.55. The van der Waals surface area contributed by atoms with Crippen molar-refractivity contribution in [2.75, 3.05) is 27.2 Å². The maximum atomic E-state index is 14.2. The molecule has 10 nitrogen and oxygen atoms in total. The van der Waals surface area contributed by atoms with Crippen LogP contribution in [0, 0.1) is 11.6 Å². The summed E-state index contributed by atoms with van der Waals surface area (Å²) < 4.78 is 39.4. The van der Waals surface area contributed by atoms with Gasteiger partial charge in [-0.05, 0) is 99.7 Å². The minimum Gasteiger partial charge on any atom is -0.497 e. The van der Waals surface area contributed by atoms with E-state index in [1.54, 1.807) is 52.1 Å². The highest BCUT2D eigenvalue weighted by Crippen LogP contribution is 2.21. The van der Waals surface area contributed by atoms with Gasteiger partial charge in [-0.3, -0.25) is 9.59 Å². The van der Waals surface area contributed by atoms with Crippen LogP contribution in [0.3, 0.4) is 0 Å². The largest absolute Gasteiger partial charge is 0.497 e. The number of nitrogens with one attached hydrogen (secondary N) is 1. The topological polar surface area (TPSA) is 129 Å². The average molecular weight is 684 g/mol. The second kappa shape index (κ2) is 17.2. The summed E-state index contributed by atoms with van der Waals surface area (Å²) >= 11 is 0. The lowest BCUT2D eigenvalue weighted by Gasteiger charge is -2.32. The molecule has 3 amide bonds. The number of aliphatic hydroxyl groups is 2. The quantitative estimate of drug-likeness (QED) is 0.201. The highest BCUT2D eigenvalue weighted by molar-refractivity contribution is 6.00. The molecule has 3 N–H and O–H groups in total. The first-order valence-corrected chi connectivity index (χ1v) is 16.1. The molecule has 3 aromatic carbocycles. The molecule has 0 aliphatic rings. The summed E-state index contributed by atoms with van der Waals surface area (Å²) in [6.45, 7) is 8.67. The van der Waals surface area contributed by atoms with Crippen molar-refractivity contribution >= 4 is 17.9 Å². The fourth-order valence-electron chi connectivity index (χ4n) is 5.20. The average Bonchev–Trinajstić information content (AvgIpc) is 3.02. The summed E-state index contributed by atoms with van der Waals surface area (Å²) in [5.41, 5.74) is 0.474. The van der Waals surface area contributed by atoms with Gasteiger partial charge in [-0.25, -0.2) is 13.6 Å². The lowest BCUT2D eigenvalue weighted by molar-refractivity contribution is 0.00836. The van der Waals surface area contributed by atoms with Crippen LogP contribution < -0.4 is 10.1 Å². The van der Waals surface area contributed by atoms with Gasteiger partial charge < -0.3 is 34.8 Å². The standard InChI is InChI=1S/C37H47F2N3O7/c1-8-12-41(6)35(46)28-18-26(23(2)43)17-27(19-28)34(45)40-32(16-25-13-29(38)20-30(39)14-25)33(44)22-42(36(47)49-37(3,4)5)21-24-10-9-11-31(15-24)48-7/h9-11,13-15,17-20,23,32-33,43-44H,8,12,16,21-22H2,1-7H3,(H,40,45)/t23?,32-,33+/m0/s1. The fraction of sp³-hybridized carbons (Fsp3) is 0.432. The summed E-state index contributed by atoms with van der Waals surface area (Å²) in [7, 11) is 3.14. The molecule has 0 saturated heterocycles. The molecular formula is C37H47F2N3O7. The van der Waals surface area contributed by atoms with E-state index in [2.05, 4.69) is 5.32 Å². The van der Waals surface area contributed by atoms with Crippen molar-refractivity contribution in [2.45, 2.75) is 77.9 Å². The smallest absolute Gasteiger partial charge is 0.410 e. The summed E-state index contributed by atoms with van der Waals surface area (Å²) in [6.07, 6.45) is -2.72. The molecule has 12 heteroatoms. The number of rotatable bonds is 14. The van der Waals surface area contributed by atoms with Crippen LogP contribution in [-0.2, 0) is 17.7 Å². The molecule has 3 rings (SSSR count). The first-order chi connectivity index (χ1) is 23.0. The normalized spacial score (nSPS) is 13.2. The third kappa shape index (κ3) is 11.8. The highest BCUT2D eigenvalue weighted by atomic mass is 19.1. The molecule has 0 fully saturated rings. The summed E-state index contributed by atoms with van der Waals surface area (Å²) in [5, 5.41) is 24.7. The van der Waals surface area contributed by atoms with Gasteiger partial charge in [-0.1, -0.05) is 19.1 Å². The zero-order chi connectivity index (χ0) is 36.5. The Balaban J connectivity index is 2.01. The number of hydrogen-bond donors (Lipinski definition) is 3. The lowest BCUT2D eigenvalue weighted by atomic mass is 9.98. The molecule has 0 aromatic heterocycles. The van der Waals surface area contributed by atoms with E-state index < -0.39 is 47.5 Å². The van der Waals surface area contributed by atoms with Crippen molar-refractivity contribution in [1.29, 1.82) is 0 Å². The Labute approximate surface area is 286 Å². The lowest BCUT2D eigenvalue weighted by Crippen LogP contribution is -2.51. The number of carbonyl (C=O) groups excluding carboxylic acids is 3. The Kier molecular flexibility index (Phi) is 13.7. The van der Waals surface area contributed by atoms with Crippen molar-refractivity contribution in [1.82, 2.24) is 15.1 Å². The van der Waals surface area contributed by atoms with E-state index in [1.807, 2.05) is 6.92 Å². The number of carbonyl (C=O) groups is 3. The Morgan fingerprint density at radius 2 is 1.59 bits per heavy atom. The third-order valence-electron chi connectivity index (χ3n) is 7.58. The summed E-state index contributed by atoms with van der Waals surface area (Å²) in [5.74, 6) is -2.19. The first kappa shape index (κ1) is 38.9. The van der Waals surface area contributed by atoms with Gasteiger partial charge in [-0.2, -0.15) is 0 Å². The maximum absolute atomic E-state index is 14.2. The van der Waals surface area contributed by atoms with E-state index >= 15 is 0 Å². The monoisotopic (exact) mass is 683 g/mol. The fourth-order valence-corrected chi connectivity index (χ4v) is 5.20. The van der Waals surface area contributed by atoms with Crippen LogP contribution in [-0.4, -0.2) is 82.9 Å².